The predicted molar refractivity (Wildman–Crippen MR) is 105 cm³/mol. The van der Waals surface area contributed by atoms with Crippen LogP contribution < -0.4 is 5.73 Å². The lowest BCUT2D eigenvalue weighted by atomic mass is 9.43. The Hall–Kier alpha value is -2.09. The summed E-state index contributed by atoms with van der Waals surface area (Å²) in [4.78, 5) is 24.9. The number of carbonyl (C=O) groups is 2. The number of rotatable bonds is 0. The number of ether oxygens (including phenoxy) is 1. The number of fused-ring (bicyclic) bond motifs is 7. The third kappa shape index (κ3) is 1.64. The van der Waals surface area contributed by atoms with Gasteiger partial charge < -0.3 is 10.5 Å². The molecule has 0 amide bonds. The molecule has 6 rings (SSSR count). The van der Waals surface area contributed by atoms with E-state index < -0.39 is 5.41 Å². The van der Waals surface area contributed by atoms with E-state index in [9.17, 15) is 14.9 Å². The van der Waals surface area contributed by atoms with E-state index in [1.165, 1.54) is 5.57 Å². The molecule has 5 heteroatoms. The topological polar surface area (TPSA) is 93.2 Å². The first-order chi connectivity index (χ1) is 13.7. The molecule has 0 aromatic rings. The summed E-state index contributed by atoms with van der Waals surface area (Å²) in [6.45, 7) is 4.51. The van der Waals surface area contributed by atoms with Crippen molar-refractivity contribution in [3.8, 4) is 6.07 Å². The number of hydrogen-bond acceptors (Lipinski definition) is 5. The number of hydrogen-bond donors (Lipinski definition) is 1. The first-order valence-electron chi connectivity index (χ1n) is 11.1. The normalized spacial score (nSPS) is 52.2. The number of nitriles is 1. The number of allylic oxidation sites excluding steroid dienone is 4. The van der Waals surface area contributed by atoms with Crippen LogP contribution in [0.15, 0.2) is 22.9 Å². The fourth-order valence-corrected chi connectivity index (χ4v) is 8.72. The second kappa shape index (κ2) is 4.96. The molecule has 7 atom stereocenters. The van der Waals surface area contributed by atoms with E-state index >= 15 is 0 Å². The lowest BCUT2D eigenvalue weighted by molar-refractivity contribution is -0.161. The Balaban J connectivity index is 1.55. The van der Waals surface area contributed by atoms with Crippen molar-refractivity contribution in [3.63, 3.8) is 0 Å². The monoisotopic (exact) mass is 392 g/mol. The van der Waals surface area contributed by atoms with Crippen LogP contribution in [-0.4, -0.2) is 17.4 Å². The van der Waals surface area contributed by atoms with Gasteiger partial charge in [0.1, 0.15) is 5.60 Å². The van der Waals surface area contributed by atoms with Crippen molar-refractivity contribution in [2.75, 3.05) is 0 Å². The Morgan fingerprint density at radius 2 is 2.00 bits per heavy atom. The Morgan fingerprint density at radius 1 is 1.21 bits per heavy atom. The van der Waals surface area contributed by atoms with E-state index in [0.717, 1.165) is 32.1 Å². The van der Waals surface area contributed by atoms with Gasteiger partial charge in [-0.05, 0) is 50.4 Å². The van der Waals surface area contributed by atoms with E-state index in [1.54, 1.807) is 0 Å². The quantitative estimate of drug-likeness (QED) is 0.503. The van der Waals surface area contributed by atoms with E-state index in [1.807, 2.05) is 0 Å². The van der Waals surface area contributed by atoms with Crippen LogP contribution in [0.5, 0.6) is 0 Å². The maximum absolute atomic E-state index is 12.9. The molecule has 4 fully saturated rings. The molecule has 1 heterocycles. The molecule has 29 heavy (non-hydrogen) atoms. The van der Waals surface area contributed by atoms with Crippen LogP contribution in [0.25, 0.3) is 0 Å². The van der Waals surface area contributed by atoms with Crippen molar-refractivity contribution in [1.82, 2.24) is 0 Å². The summed E-state index contributed by atoms with van der Waals surface area (Å²) in [6, 6.07) is 2.60. The molecule has 2 bridgehead atoms. The van der Waals surface area contributed by atoms with Crippen LogP contribution in [-0.2, 0) is 14.3 Å². The molecule has 3 saturated carbocycles. The first kappa shape index (κ1) is 17.7. The summed E-state index contributed by atoms with van der Waals surface area (Å²) >= 11 is 0. The van der Waals surface area contributed by atoms with Gasteiger partial charge in [-0.15, -0.1) is 0 Å². The van der Waals surface area contributed by atoms with E-state index in [-0.39, 0.29) is 40.0 Å². The fourth-order valence-electron chi connectivity index (χ4n) is 8.72. The number of Topliss-reactive ketones (excluding diaryl/α,β-unsaturated/α-hetero) is 1. The van der Waals surface area contributed by atoms with Gasteiger partial charge in [-0.25, -0.2) is 0 Å². The summed E-state index contributed by atoms with van der Waals surface area (Å²) in [5.74, 6) is 0.703. The highest BCUT2D eigenvalue weighted by Crippen LogP contribution is 2.75. The molecule has 2 N–H and O–H groups in total. The minimum absolute atomic E-state index is 0.0582. The molecule has 1 spiro atoms. The lowest BCUT2D eigenvalue weighted by Gasteiger charge is -2.59. The molecule has 0 aromatic carbocycles. The van der Waals surface area contributed by atoms with Crippen molar-refractivity contribution >= 4 is 11.8 Å². The molecule has 5 nitrogen and oxygen atoms in total. The van der Waals surface area contributed by atoms with Crippen molar-refractivity contribution in [2.45, 2.75) is 70.8 Å². The van der Waals surface area contributed by atoms with Crippen molar-refractivity contribution < 1.29 is 14.3 Å². The number of nitrogens with zero attached hydrogens (tertiary/aromatic N) is 1. The van der Waals surface area contributed by atoms with Crippen LogP contribution in [0.4, 0.5) is 0 Å². The van der Waals surface area contributed by atoms with Crippen LogP contribution in [0.3, 0.4) is 0 Å². The highest BCUT2D eigenvalue weighted by molar-refractivity contribution is 6.00. The number of nitrogens with two attached hydrogens (primary N) is 1. The highest BCUT2D eigenvalue weighted by atomic mass is 16.6. The van der Waals surface area contributed by atoms with Gasteiger partial charge in [0, 0.05) is 40.9 Å². The Labute approximate surface area is 171 Å². The van der Waals surface area contributed by atoms with Crippen molar-refractivity contribution in [1.29, 1.82) is 5.26 Å². The zero-order valence-corrected chi connectivity index (χ0v) is 17.2. The van der Waals surface area contributed by atoms with Crippen molar-refractivity contribution in [2.24, 2.45) is 39.7 Å². The SMILES string of the molecule is CC12CCC(=O)C3=C(N)C(CC31C#N)C1C2=CCC2(C)C1CC[C@@]21CCC(=O)O1. The third-order valence-electron chi connectivity index (χ3n) is 10.3. The smallest absolute Gasteiger partial charge is 0.306 e. The average Bonchev–Trinajstić information content (AvgIpc) is 3.31. The third-order valence-corrected chi connectivity index (χ3v) is 10.3. The molecule has 0 aromatic heterocycles. The van der Waals surface area contributed by atoms with Gasteiger partial charge in [-0.2, -0.15) is 5.26 Å². The largest absolute Gasteiger partial charge is 0.458 e. The van der Waals surface area contributed by atoms with Gasteiger partial charge in [0.05, 0.1) is 11.5 Å². The zero-order chi connectivity index (χ0) is 20.4. The van der Waals surface area contributed by atoms with Crippen LogP contribution in [0.2, 0.25) is 0 Å². The van der Waals surface area contributed by atoms with Gasteiger partial charge in [0.2, 0.25) is 0 Å². The van der Waals surface area contributed by atoms with Gasteiger partial charge in [-0.3, -0.25) is 9.59 Å². The number of ketones is 1. The van der Waals surface area contributed by atoms with Gasteiger partial charge in [0.15, 0.2) is 5.78 Å². The zero-order valence-electron chi connectivity index (χ0n) is 17.2. The van der Waals surface area contributed by atoms with Crippen LogP contribution >= 0.6 is 0 Å². The lowest BCUT2D eigenvalue weighted by Crippen LogP contribution is -2.56. The van der Waals surface area contributed by atoms with E-state index in [2.05, 4.69) is 26.0 Å². The van der Waals surface area contributed by atoms with E-state index in [4.69, 9.17) is 10.5 Å². The van der Waals surface area contributed by atoms with E-state index in [0.29, 0.717) is 36.5 Å². The Morgan fingerprint density at radius 3 is 2.69 bits per heavy atom. The average molecular weight is 392 g/mol. The summed E-state index contributed by atoms with van der Waals surface area (Å²) in [7, 11) is 0. The van der Waals surface area contributed by atoms with Crippen LogP contribution in [0, 0.1) is 45.3 Å². The molecule has 1 aliphatic heterocycles. The molecule has 152 valence electrons. The highest BCUT2D eigenvalue weighted by Gasteiger charge is 2.73. The maximum Gasteiger partial charge on any atom is 0.306 e. The second-order valence-electron chi connectivity index (χ2n) is 10.8. The summed E-state index contributed by atoms with van der Waals surface area (Å²) in [6.07, 6.45) is 8.40. The summed E-state index contributed by atoms with van der Waals surface area (Å²) < 4.78 is 6.02. The number of carbonyl (C=O) groups excluding carboxylic acids is 2. The Kier molecular flexibility index (Phi) is 3.04. The molecule has 6 unspecified atom stereocenters. The second-order valence-corrected chi connectivity index (χ2v) is 10.8. The molecule has 5 aliphatic carbocycles. The van der Waals surface area contributed by atoms with Crippen molar-refractivity contribution in [3.05, 3.63) is 22.9 Å². The molecular formula is C24H28N2O3. The maximum atomic E-state index is 12.9. The molecule has 0 radical (unpaired) electrons. The predicted octanol–water partition coefficient (Wildman–Crippen LogP) is 3.55. The number of esters is 1. The summed E-state index contributed by atoms with van der Waals surface area (Å²) in [5.41, 5.74) is 7.83. The van der Waals surface area contributed by atoms with Crippen LogP contribution in [0.1, 0.15) is 65.2 Å². The molecular weight excluding hydrogens is 364 g/mol. The summed E-state index contributed by atoms with van der Waals surface area (Å²) in [5, 5.41) is 10.3. The first-order valence-corrected chi connectivity index (χ1v) is 11.1. The van der Waals surface area contributed by atoms with Gasteiger partial charge in [-0.1, -0.05) is 25.5 Å². The minimum atomic E-state index is -0.761. The fraction of sp³-hybridized carbons (Fsp3) is 0.708. The van der Waals surface area contributed by atoms with Gasteiger partial charge in [0.25, 0.3) is 0 Å². The molecule has 1 saturated heterocycles. The van der Waals surface area contributed by atoms with Gasteiger partial charge >= 0.3 is 5.97 Å². The minimum Gasteiger partial charge on any atom is -0.458 e. The molecule has 6 aliphatic rings. The Bertz CT molecular complexity index is 989. The standard InChI is InChI=1S/C24H28N2O3/c1-21-8-5-16(27)19-20(26)13(11-23(19,21)12-25)18-14(21)3-7-22(2)15(18)4-9-24(22)10-6-17(28)29-24/h3,13,15,18H,4-11,26H2,1-2H3/t13?,15?,18?,21?,22?,23?,24-/m1/s1.